The fraction of sp³-hybridized carbons (Fsp3) is 0.455. The highest BCUT2D eigenvalue weighted by atomic mass is 32.2. The molecule has 0 saturated carbocycles. The minimum absolute atomic E-state index is 0.303. The molecule has 2 unspecified atom stereocenters. The second-order valence-electron chi connectivity index (χ2n) is 3.41. The van der Waals surface area contributed by atoms with E-state index in [9.17, 15) is 0 Å². The zero-order valence-corrected chi connectivity index (χ0v) is 8.59. The Balaban J connectivity index is 1.90. The van der Waals surface area contributed by atoms with Gasteiger partial charge in [-0.25, -0.2) is 0 Å². The predicted octanol–water partition coefficient (Wildman–Crippen LogP) is 3.46. The number of hydrogen-bond acceptors (Lipinski definition) is 2. The van der Waals surface area contributed by atoms with Crippen molar-refractivity contribution in [2.45, 2.75) is 25.2 Å². The molecule has 0 amide bonds. The quantitative estimate of drug-likeness (QED) is 0.665. The zero-order valence-electron chi connectivity index (χ0n) is 7.77. The molecule has 0 aromatic carbocycles. The number of hydrogen-bond donors (Lipinski definition) is 0. The van der Waals surface area contributed by atoms with Crippen LogP contribution < -0.4 is 0 Å². The van der Waals surface area contributed by atoms with E-state index in [4.69, 9.17) is 4.74 Å². The fourth-order valence-corrected chi connectivity index (χ4v) is 2.44. The summed E-state index contributed by atoms with van der Waals surface area (Å²) in [5, 5.41) is 2.13. The molecule has 2 atom stereocenters. The van der Waals surface area contributed by atoms with Gasteiger partial charge < -0.3 is 4.74 Å². The van der Waals surface area contributed by atoms with Crippen LogP contribution in [0.4, 0.5) is 0 Å². The van der Waals surface area contributed by atoms with Crippen molar-refractivity contribution in [2.75, 3.05) is 0 Å². The average molecular weight is 194 g/mol. The van der Waals surface area contributed by atoms with Crippen molar-refractivity contribution in [1.29, 1.82) is 0 Å². The number of thioether (sulfide) groups is 1. The van der Waals surface area contributed by atoms with Gasteiger partial charge in [0.05, 0.1) is 5.76 Å². The molecule has 2 rings (SSSR count). The minimum atomic E-state index is 0.303. The molecule has 1 aliphatic carbocycles. The first-order chi connectivity index (χ1) is 6.36. The predicted molar refractivity (Wildman–Crippen MR) is 57.2 cm³/mol. The van der Waals surface area contributed by atoms with Gasteiger partial charge in [-0.05, 0) is 17.9 Å². The lowest BCUT2D eigenvalue weighted by Gasteiger charge is -2.20. The molecule has 0 fully saturated rings. The average Bonchev–Trinajstić information content (AvgIpc) is 2.54. The Kier molecular flexibility index (Phi) is 2.79. The maximum Gasteiger partial charge on any atom is 0.153 e. The first-order valence-corrected chi connectivity index (χ1v) is 5.65. The van der Waals surface area contributed by atoms with E-state index in [0.717, 1.165) is 18.6 Å². The highest BCUT2D eigenvalue weighted by Crippen LogP contribution is 2.33. The molecular formula is C11H14OS. The Hall–Kier alpha value is -0.630. The lowest BCUT2D eigenvalue weighted by molar-refractivity contribution is 0.153. The van der Waals surface area contributed by atoms with E-state index >= 15 is 0 Å². The Bertz CT molecular complexity index is 265. The van der Waals surface area contributed by atoms with Crippen molar-refractivity contribution in [3.63, 3.8) is 0 Å². The maximum absolute atomic E-state index is 5.87. The molecule has 0 N–H and O–H groups in total. The van der Waals surface area contributed by atoms with E-state index in [0.29, 0.717) is 11.4 Å². The van der Waals surface area contributed by atoms with Crippen LogP contribution >= 0.6 is 11.8 Å². The molecule has 0 radical (unpaired) electrons. The van der Waals surface area contributed by atoms with Crippen molar-refractivity contribution in [2.24, 2.45) is 5.92 Å². The van der Waals surface area contributed by atoms with Gasteiger partial charge in [0.2, 0.25) is 0 Å². The minimum Gasteiger partial charge on any atom is -0.483 e. The highest BCUT2D eigenvalue weighted by Gasteiger charge is 2.21. The van der Waals surface area contributed by atoms with Gasteiger partial charge in [-0.15, -0.1) is 0 Å². The Morgan fingerprint density at radius 2 is 2.46 bits per heavy atom. The molecule has 2 heteroatoms. The van der Waals surface area contributed by atoms with E-state index in [-0.39, 0.29) is 0 Å². The van der Waals surface area contributed by atoms with Crippen molar-refractivity contribution >= 4 is 11.8 Å². The summed E-state index contributed by atoms with van der Waals surface area (Å²) in [6.07, 6.45) is 10.7. The second-order valence-corrected chi connectivity index (χ2v) is 4.42. The molecule has 1 heterocycles. The molecule has 2 aliphatic rings. The van der Waals surface area contributed by atoms with E-state index < -0.39 is 0 Å². The zero-order chi connectivity index (χ0) is 9.10. The van der Waals surface area contributed by atoms with Gasteiger partial charge in [-0.3, -0.25) is 0 Å². The summed E-state index contributed by atoms with van der Waals surface area (Å²) >= 11 is 1.78. The third-order valence-corrected chi connectivity index (χ3v) is 3.38. The second kappa shape index (κ2) is 4.05. The van der Waals surface area contributed by atoms with Crippen molar-refractivity contribution in [3.8, 4) is 0 Å². The monoisotopic (exact) mass is 194 g/mol. The van der Waals surface area contributed by atoms with Crippen LogP contribution in [0.15, 0.2) is 35.5 Å². The first-order valence-electron chi connectivity index (χ1n) is 4.71. The van der Waals surface area contributed by atoms with E-state index in [1.165, 1.54) is 0 Å². The lowest BCUT2D eigenvalue weighted by Crippen LogP contribution is -2.13. The van der Waals surface area contributed by atoms with Crippen molar-refractivity contribution < 1.29 is 4.74 Å². The van der Waals surface area contributed by atoms with Gasteiger partial charge in [0.1, 0.15) is 0 Å². The Labute approximate surface area is 83.5 Å². The summed E-state index contributed by atoms with van der Waals surface area (Å²) in [7, 11) is 0. The molecule has 1 aliphatic heterocycles. The summed E-state index contributed by atoms with van der Waals surface area (Å²) in [4.78, 5) is 0. The van der Waals surface area contributed by atoms with Crippen LogP contribution in [0.5, 0.6) is 0 Å². The molecule has 1 nitrogen and oxygen atoms in total. The maximum atomic E-state index is 5.87. The standard InChI is InChI=1S/C11H14OS/c1-9-7-8-13-11(9)12-10-5-3-2-4-6-10/h2-3,5,7-9,11H,4,6H2,1H3. The summed E-state index contributed by atoms with van der Waals surface area (Å²) in [6, 6.07) is 0. The molecular weight excluding hydrogens is 180 g/mol. The van der Waals surface area contributed by atoms with Crippen LogP contribution in [0.1, 0.15) is 19.8 Å². The SMILES string of the molecule is CC1C=CSC1OC1=CC=CCC1. The molecule has 0 bridgehead atoms. The van der Waals surface area contributed by atoms with Gasteiger partial charge in [0.25, 0.3) is 0 Å². The third-order valence-electron chi connectivity index (χ3n) is 2.27. The topological polar surface area (TPSA) is 9.23 Å². The van der Waals surface area contributed by atoms with E-state index in [1.807, 2.05) is 0 Å². The van der Waals surface area contributed by atoms with Crippen LogP contribution in [-0.4, -0.2) is 5.44 Å². The van der Waals surface area contributed by atoms with Crippen LogP contribution in [0.3, 0.4) is 0 Å². The van der Waals surface area contributed by atoms with Gasteiger partial charge in [-0.1, -0.05) is 36.9 Å². The molecule has 0 spiro atoms. The largest absolute Gasteiger partial charge is 0.483 e. The van der Waals surface area contributed by atoms with Crippen molar-refractivity contribution in [1.82, 2.24) is 0 Å². The first kappa shape index (κ1) is 8.95. The van der Waals surface area contributed by atoms with Crippen LogP contribution in [0.2, 0.25) is 0 Å². The van der Waals surface area contributed by atoms with Gasteiger partial charge in [-0.2, -0.15) is 0 Å². The normalized spacial score (nSPS) is 31.9. The van der Waals surface area contributed by atoms with Gasteiger partial charge in [0, 0.05) is 12.3 Å². The fourth-order valence-electron chi connectivity index (χ4n) is 1.42. The van der Waals surface area contributed by atoms with Gasteiger partial charge >= 0.3 is 0 Å². The highest BCUT2D eigenvalue weighted by molar-refractivity contribution is 8.02. The van der Waals surface area contributed by atoms with Crippen LogP contribution in [0.25, 0.3) is 0 Å². The molecule has 70 valence electrons. The summed E-state index contributed by atoms with van der Waals surface area (Å²) < 4.78 is 5.87. The number of rotatable bonds is 2. The molecule has 0 aromatic heterocycles. The van der Waals surface area contributed by atoms with E-state index in [2.05, 4.69) is 36.6 Å². The van der Waals surface area contributed by atoms with Crippen molar-refractivity contribution in [3.05, 3.63) is 35.5 Å². The summed E-state index contributed by atoms with van der Waals surface area (Å²) in [5.41, 5.74) is 0.303. The van der Waals surface area contributed by atoms with Crippen LogP contribution in [0, 0.1) is 5.92 Å². The number of allylic oxidation sites excluding steroid dienone is 4. The number of ether oxygens (including phenoxy) is 1. The summed E-state index contributed by atoms with van der Waals surface area (Å²) in [5.74, 6) is 1.67. The lowest BCUT2D eigenvalue weighted by atomic mass is 10.1. The van der Waals surface area contributed by atoms with Gasteiger partial charge in [0.15, 0.2) is 5.44 Å². The van der Waals surface area contributed by atoms with E-state index in [1.54, 1.807) is 11.8 Å². The van der Waals surface area contributed by atoms with Crippen LogP contribution in [-0.2, 0) is 4.74 Å². The Morgan fingerprint density at radius 1 is 1.54 bits per heavy atom. The third kappa shape index (κ3) is 2.19. The summed E-state index contributed by atoms with van der Waals surface area (Å²) in [6.45, 7) is 2.19. The molecule has 0 aromatic rings. The molecule has 0 saturated heterocycles. The molecule has 13 heavy (non-hydrogen) atoms. The Morgan fingerprint density at radius 3 is 3.08 bits per heavy atom. The smallest absolute Gasteiger partial charge is 0.153 e.